The molecular formula is C14H27ClN4O2. The van der Waals surface area contributed by atoms with Crippen LogP contribution in [0.4, 0.5) is 0 Å². The zero-order valence-electron chi connectivity index (χ0n) is 13.8. The first kappa shape index (κ1) is 19.7. The van der Waals surface area contributed by atoms with E-state index in [4.69, 9.17) is 10.5 Å². The summed E-state index contributed by atoms with van der Waals surface area (Å²) in [6.45, 7) is 9.02. The van der Waals surface area contributed by atoms with Gasteiger partial charge in [0, 0.05) is 20.6 Å². The summed E-state index contributed by atoms with van der Waals surface area (Å²) in [5.41, 5.74) is 7.30. The van der Waals surface area contributed by atoms with Gasteiger partial charge in [-0.2, -0.15) is 5.10 Å². The van der Waals surface area contributed by atoms with Crippen LogP contribution >= 0.6 is 12.4 Å². The second-order valence-electron chi connectivity index (χ2n) is 6.03. The van der Waals surface area contributed by atoms with Crippen molar-refractivity contribution >= 4 is 18.3 Å². The summed E-state index contributed by atoms with van der Waals surface area (Å²) in [6.07, 6.45) is 0. The van der Waals surface area contributed by atoms with Crippen LogP contribution in [0.3, 0.4) is 0 Å². The molecule has 0 saturated carbocycles. The number of carbonyl (C=O) groups excluding carboxylic acids is 1. The highest BCUT2D eigenvalue weighted by Gasteiger charge is 2.22. The maximum Gasteiger partial charge on any atom is 0.260 e. The van der Waals surface area contributed by atoms with Crippen molar-refractivity contribution in [2.24, 2.45) is 18.2 Å². The number of aromatic nitrogens is 2. The third-order valence-electron chi connectivity index (χ3n) is 3.43. The predicted octanol–water partition coefficient (Wildman–Crippen LogP) is 1.28. The van der Waals surface area contributed by atoms with Crippen molar-refractivity contribution in [3.63, 3.8) is 0 Å². The number of carbonyl (C=O) groups is 1. The van der Waals surface area contributed by atoms with E-state index in [0.717, 1.165) is 11.4 Å². The minimum atomic E-state index is -0.0927. The van der Waals surface area contributed by atoms with Gasteiger partial charge in [0.15, 0.2) is 12.4 Å². The molecule has 122 valence electrons. The number of nitrogens with zero attached hydrogens (tertiary/aromatic N) is 3. The first-order chi connectivity index (χ1) is 9.18. The minimum Gasteiger partial charge on any atom is -0.480 e. The monoisotopic (exact) mass is 318 g/mol. The summed E-state index contributed by atoms with van der Waals surface area (Å²) in [5, 5.41) is 4.26. The molecule has 1 aromatic heterocycles. The third kappa shape index (κ3) is 5.21. The second kappa shape index (κ2) is 7.66. The van der Waals surface area contributed by atoms with E-state index in [1.165, 1.54) is 0 Å². The molecular weight excluding hydrogens is 292 g/mol. The van der Waals surface area contributed by atoms with Gasteiger partial charge in [-0.25, -0.2) is 0 Å². The zero-order chi connectivity index (χ0) is 15.5. The van der Waals surface area contributed by atoms with E-state index in [1.54, 1.807) is 16.6 Å². The van der Waals surface area contributed by atoms with Gasteiger partial charge in [0.1, 0.15) is 5.69 Å². The fraction of sp³-hybridized carbons (Fsp3) is 0.714. The van der Waals surface area contributed by atoms with E-state index < -0.39 is 0 Å². The number of hydrogen-bond acceptors (Lipinski definition) is 4. The highest BCUT2D eigenvalue weighted by molar-refractivity contribution is 5.85. The quantitative estimate of drug-likeness (QED) is 0.857. The van der Waals surface area contributed by atoms with Crippen LogP contribution in [0, 0.1) is 19.3 Å². The van der Waals surface area contributed by atoms with Gasteiger partial charge < -0.3 is 15.4 Å². The topological polar surface area (TPSA) is 73.4 Å². The van der Waals surface area contributed by atoms with Crippen molar-refractivity contribution in [2.45, 2.75) is 27.7 Å². The lowest BCUT2D eigenvalue weighted by atomic mass is 9.93. The van der Waals surface area contributed by atoms with Gasteiger partial charge in [0.05, 0.1) is 5.69 Å². The highest BCUT2D eigenvalue weighted by atomic mass is 35.5. The van der Waals surface area contributed by atoms with E-state index in [1.807, 2.05) is 34.7 Å². The van der Waals surface area contributed by atoms with Crippen LogP contribution in [0.2, 0.25) is 0 Å². The van der Waals surface area contributed by atoms with Gasteiger partial charge in [0.2, 0.25) is 0 Å². The Kier molecular flexibility index (Phi) is 7.19. The average molecular weight is 319 g/mol. The molecule has 0 saturated heterocycles. The minimum absolute atomic E-state index is 0. The van der Waals surface area contributed by atoms with Crippen LogP contribution in [0.5, 0.6) is 5.75 Å². The molecule has 6 nitrogen and oxygen atoms in total. The Labute approximate surface area is 133 Å². The Hall–Kier alpha value is -1.27. The van der Waals surface area contributed by atoms with Gasteiger partial charge in [0.25, 0.3) is 5.91 Å². The SMILES string of the molecule is Cc1nn(C)c(C)c1OCC(=O)N(C)CC(C)(C)CN.Cl. The Morgan fingerprint density at radius 2 is 2.00 bits per heavy atom. The Bertz CT molecular complexity index is 486. The third-order valence-corrected chi connectivity index (χ3v) is 3.43. The summed E-state index contributed by atoms with van der Waals surface area (Å²) in [4.78, 5) is 13.7. The number of rotatable bonds is 6. The Morgan fingerprint density at radius 1 is 1.43 bits per heavy atom. The van der Waals surface area contributed by atoms with Crippen LogP contribution < -0.4 is 10.5 Å². The normalized spacial score (nSPS) is 11.0. The summed E-state index contributed by atoms with van der Waals surface area (Å²) in [5.74, 6) is 0.626. The largest absolute Gasteiger partial charge is 0.480 e. The zero-order valence-corrected chi connectivity index (χ0v) is 14.6. The summed E-state index contributed by atoms with van der Waals surface area (Å²) in [6, 6.07) is 0. The van der Waals surface area contributed by atoms with Crippen molar-refractivity contribution in [2.75, 3.05) is 26.7 Å². The summed E-state index contributed by atoms with van der Waals surface area (Å²) >= 11 is 0. The number of ether oxygens (including phenoxy) is 1. The van der Waals surface area contributed by atoms with Crippen molar-refractivity contribution < 1.29 is 9.53 Å². The molecule has 0 bridgehead atoms. The van der Waals surface area contributed by atoms with Crippen LogP contribution in [0.1, 0.15) is 25.2 Å². The lowest BCUT2D eigenvalue weighted by Gasteiger charge is -2.29. The van der Waals surface area contributed by atoms with Crippen molar-refractivity contribution in [1.29, 1.82) is 0 Å². The molecule has 0 radical (unpaired) electrons. The van der Waals surface area contributed by atoms with E-state index in [9.17, 15) is 4.79 Å². The second-order valence-corrected chi connectivity index (χ2v) is 6.03. The molecule has 0 aliphatic rings. The van der Waals surface area contributed by atoms with Crippen molar-refractivity contribution in [3.05, 3.63) is 11.4 Å². The molecule has 1 amide bonds. The maximum atomic E-state index is 12.1. The molecule has 0 aliphatic carbocycles. The molecule has 7 heteroatoms. The average Bonchev–Trinajstić information content (AvgIpc) is 2.60. The van der Waals surface area contributed by atoms with E-state index in [2.05, 4.69) is 5.10 Å². The Balaban J connectivity index is 0.00000400. The molecule has 0 spiro atoms. The number of aryl methyl sites for hydroxylation is 2. The standard InChI is InChI=1S/C14H26N4O2.ClH/c1-10-13(11(2)18(6)16-10)20-7-12(19)17(5)9-14(3,4)8-15;/h7-9,15H2,1-6H3;1H. The lowest BCUT2D eigenvalue weighted by molar-refractivity contribution is -0.133. The van der Waals surface area contributed by atoms with Crippen LogP contribution in [-0.2, 0) is 11.8 Å². The van der Waals surface area contributed by atoms with Gasteiger partial charge in [-0.05, 0) is 25.8 Å². The van der Waals surface area contributed by atoms with E-state index in [0.29, 0.717) is 18.8 Å². The first-order valence-corrected chi connectivity index (χ1v) is 6.75. The number of likely N-dealkylation sites (N-methyl/N-ethyl adjacent to an activating group) is 1. The van der Waals surface area contributed by atoms with Gasteiger partial charge in [-0.15, -0.1) is 12.4 Å². The van der Waals surface area contributed by atoms with E-state index >= 15 is 0 Å². The molecule has 2 N–H and O–H groups in total. The van der Waals surface area contributed by atoms with Crippen LogP contribution in [-0.4, -0.2) is 47.3 Å². The predicted molar refractivity (Wildman–Crippen MR) is 85.9 cm³/mol. The fourth-order valence-electron chi connectivity index (χ4n) is 2.00. The smallest absolute Gasteiger partial charge is 0.260 e. The molecule has 1 aromatic rings. The van der Waals surface area contributed by atoms with Gasteiger partial charge >= 0.3 is 0 Å². The summed E-state index contributed by atoms with van der Waals surface area (Å²) < 4.78 is 7.36. The number of hydrogen-bond donors (Lipinski definition) is 1. The lowest BCUT2D eigenvalue weighted by Crippen LogP contribution is -2.41. The Morgan fingerprint density at radius 3 is 2.43 bits per heavy atom. The number of nitrogens with two attached hydrogens (primary N) is 1. The fourth-order valence-corrected chi connectivity index (χ4v) is 2.00. The number of amides is 1. The molecule has 0 aromatic carbocycles. The van der Waals surface area contributed by atoms with Crippen LogP contribution in [0.15, 0.2) is 0 Å². The van der Waals surface area contributed by atoms with Gasteiger partial charge in [-0.1, -0.05) is 13.8 Å². The van der Waals surface area contributed by atoms with E-state index in [-0.39, 0.29) is 30.3 Å². The molecule has 0 atom stereocenters. The van der Waals surface area contributed by atoms with Crippen LogP contribution in [0.25, 0.3) is 0 Å². The highest BCUT2D eigenvalue weighted by Crippen LogP contribution is 2.21. The molecule has 1 heterocycles. The molecule has 0 aliphatic heterocycles. The molecule has 1 rings (SSSR count). The van der Waals surface area contributed by atoms with Gasteiger partial charge in [-0.3, -0.25) is 9.48 Å². The molecule has 0 unspecified atom stereocenters. The molecule has 21 heavy (non-hydrogen) atoms. The van der Waals surface area contributed by atoms with Crippen molar-refractivity contribution in [3.8, 4) is 5.75 Å². The summed E-state index contributed by atoms with van der Waals surface area (Å²) in [7, 11) is 3.62. The number of halogens is 1. The first-order valence-electron chi connectivity index (χ1n) is 6.75. The maximum absolute atomic E-state index is 12.1. The van der Waals surface area contributed by atoms with Crippen molar-refractivity contribution in [1.82, 2.24) is 14.7 Å². The molecule has 0 fully saturated rings.